The lowest BCUT2D eigenvalue weighted by molar-refractivity contribution is -0.122. The van der Waals surface area contributed by atoms with Crippen molar-refractivity contribution in [3.8, 4) is 22.9 Å². The summed E-state index contributed by atoms with van der Waals surface area (Å²) in [6.45, 7) is 2.53. The van der Waals surface area contributed by atoms with Gasteiger partial charge in [-0.3, -0.25) is 4.79 Å². The first kappa shape index (κ1) is 19.3. The zero-order chi connectivity index (χ0) is 19.9. The molecule has 0 saturated heterocycles. The van der Waals surface area contributed by atoms with E-state index < -0.39 is 0 Å². The standard InChI is InChI=1S/C20H23N5O3/c1-14-4-7-16(8-5-14)20-22-24-25(23-20)13-19(26)21-11-10-15-6-9-17(27-2)18(12-15)28-3/h4-9,12H,10-11,13H2,1-3H3,(H,21,26). The topological polar surface area (TPSA) is 91.2 Å². The summed E-state index contributed by atoms with van der Waals surface area (Å²) in [5, 5.41) is 15.1. The maximum absolute atomic E-state index is 12.1. The van der Waals surface area contributed by atoms with E-state index in [9.17, 15) is 4.79 Å². The van der Waals surface area contributed by atoms with Gasteiger partial charge in [-0.1, -0.05) is 35.9 Å². The summed E-state index contributed by atoms with van der Waals surface area (Å²) in [5.41, 5.74) is 3.06. The molecule has 8 heteroatoms. The number of rotatable bonds is 8. The van der Waals surface area contributed by atoms with Gasteiger partial charge in [-0.25, -0.2) is 0 Å². The second-order valence-electron chi connectivity index (χ2n) is 6.30. The van der Waals surface area contributed by atoms with E-state index in [1.54, 1.807) is 14.2 Å². The van der Waals surface area contributed by atoms with Crippen LogP contribution in [0.5, 0.6) is 11.5 Å². The largest absolute Gasteiger partial charge is 0.493 e. The molecule has 0 aliphatic heterocycles. The summed E-state index contributed by atoms with van der Waals surface area (Å²) in [6, 6.07) is 13.5. The molecule has 0 atom stereocenters. The molecule has 1 amide bonds. The predicted octanol–water partition coefficient (Wildman–Crippen LogP) is 2.02. The molecular weight excluding hydrogens is 358 g/mol. The molecule has 3 aromatic rings. The number of hydrogen-bond donors (Lipinski definition) is 1. The van der Waals surface area contributed by atoms with Crippen LogP contribution < -0.4 is 14.8 Å². The average molecular weight is 381 g/mol. The Morgan fingerprint density at radius 1 is 1.07 bits per heavy atom. The summed E-state index contributed by atoms with van der Waals surface area (Å²) in [5.74, 6) is 1.67. The highest BCUT2D eigenvalue weighted by Gasteiger charge is 2.10. The van der Waals surface area contributed by atoms with E-state index in [4.69, 9.17) is 9.47 Å². The van der Waals surface area contributed by atoms with Gasteiger partial charge in [0.15, 0.2) is 11.5 Å². The lowest BCUT2D eigenvalue weighted by Crippen LogP contribution is -2.30. The number of aryl methyl sites for hydroxylation is 1. The van der Waals surface area contributed by atoms with Crippen LogP contribution in [-0.4, -0.2) is 46.9 Å². The van der Waals surface area contributed by atoms with E-state index in [1.165, 1.54) is 4.80 Å². The number of carbonyl (C=O) groups is 1. The lowest BCUT2D eigenvalue weighted by atomic mass is 10.1. The Balaban J connectivity index is 1.50. The van der Waals surface area contributed by atoms with Crippen molar-refractivity contribution in [2.24, 2.45) is 0 Å². The molecule has 1 aromatic heterocycles. The Morgan fingerprint density at radius 2 is 1.82 bits per heavy atom. The molecule has 0 radical (unpaired) electrons. The average Bonchev–Trinajstić information content (AvgIpc) is 3.16. The quantitative estimate of drug-likeness (QED) is 0.642. The molecule has 0 fully saturated rings. The van der Waals surface area contributed by atoms with Gasteiger partial charge in [0.1, 0.15) is 6.54 Å². The zero-order valence-corrected chi connectivity index (χ0v) is 16.2. The van der Waals surface area contributed by atoms with Crippen LogP contribution in [0.4, 0.5) is 0 Å². The lowest BCUT2D eigenvalue weighted by Gasteiger charge is -2.10. The SMILES string of the molecule is COc1ccc(CCNC(=O)Cn2nnc(-c3ccc(C)cc3)n2)cc1OC. The Morgan fingerprint density at radius 3 is 2.54 bits per heavy atom. The number of tetrazole rings is 1. The Kier molecular flexibility index (Phi) is 6.21. The minimum atomic E-state index is -0.173. The molecule has 2 aromatic carbocycles. The second kappa shape index (κ2) is 8.98. The molecule has 0 aliphatic rings. The summed E-state index contributed by atoms with van der Waals surface area (Å²) in [6.07, 6.45) is 0.672. The van der Waals surface area contributed by atoms with E-state index in [1.807, 2.05) is 49.4 Å². The minimum absolute atomic E-state index is 0.0186. The third-order valence-electron chi connectivity index (χ3n) is 4.23. The third kappa shape index (κ3) is 4.85. The highest BCUT2D eigenvalue weighted by atomic mass is 16.5. The molecule has 0 spiro atoms. The molecular formula is C20H23N5O3. The van der Waals surface area contributed by atoms with Gasteiger partial charge < -0.3 is 14.8 Å². The number of carbonyl (C=O) groups excluding carboxylic acids is 1. The van der Waals surface area contributed by atoms with Gasteiger partial charge in [0.2, 0.25) is 11.7 Å². The maximum Gasteiger partial charge on any atom is 0.243 e. The van der Waals surface area contributed by atoms with Crippen molar-refractivity contribution in [3.05, 3.63) is 53.6 Å². The van der Waals surface area contributed by atoms with Gasteiger partial charge in [-0.05, 0) is 36.3 Å². The summed E-state index contributed by atoms with van der Waals surface area (Å²) < 4.78 is 10.5. The van der Waals surface area contributed by atoms with E-state index >= 15 is 0 Å². The van der Waals surface area contributed by atoms with Crippen LogP contribution in [-0.2, 0) is 17.8 Å². The van der Waals surface area contributed by atoms with Crippen LogP contribution in [0.15, 0.2) is 42.5 Å². The Hall–Kier alpha value is -3.42. The van der Waals surface area contributed by atoms with Gasteiger partial charge in [-0.15, -0.1) is 10.2 Å². The molecule has 146 valence electrons. The molecule has 0 bridgehead atoms. The first-order valence-corrected chi connectivity index (χ1v) is 8.91. The molecule has 0 unspecified atom stereocenters. The van der Waals surface area contributed by atoms with Crippen molar-refractivity contribution in [1.29, 1.82) is 0 Å². The number of nitrogens with one attached hydrogen (secondary N) is 1. The zero-order valence-electron chi connectivity index (χ0n) is 16.2. The fourth-order valence-corrected chi connectivity index (χ4v) is 2.70. The van der Waals surface area contributed by atoms with Crippen LogP contribution >= 0.6 is 0 Å². The van der Waals surface area contributed by atoms with Crippen LogP contribution in [0, 0.1) is 6.92 Å². The van der Waals surface area contributed by atoms with Gasteiger partial charge in [0, 0.05) is 12.1 Å². The van der Waals surface area contributed by atoms with Gasteiger partial charge >= 0.3 is 0 Å². The first-order chi connectivity index (χ1) is 13.6. The van der Waals surface area contributed by atoms with Crippen molar-refractivity contribution in [2.45, 2.75) is 19.9 Å². The number of methoxy groups -OCH3 is 2. The second-order valence-corrected chi connectivity index (χ2v) is 6.30. The Labute approximate surface area is 163 Å². The Bertz CT molecular complexity index is 937. The highest BCUT2D eigenvalue weighted by molar-refractivity contribution is 5.75. The van der Waals surface area contributed by atoms with Gasteiger partial charge in [0.25, 0.3) is 0 Å². The van der Waals surface area contributed by atoms with Crippen molar-refractivity contribution < 1.29 is 14.3 Å². The third-order valence-corrected chi connectivity index (χ3v) is 4.23. The van der Waals surface area contributed by atoms with Crippen molar-refractivity contribution in [3.63, 3.8) is 0 Å². The summed E-state index contributed by atoms with van der Waals surface area (Å²) in [7, 11) is 3.19. The number of aromatic nitrogens is 4. The predicted molar refractivity (Wildman–Crippen MR) is 104 cm³/mol. The molecule has 28 heavy (non-hydrogen) atoms. The molecule has 3 rings (SSSR count). The summed E-state index contributed by atoms with van der Waals surface area (Å²) >= 11 is 0. The number of hydrogen-bond acceptors (Lipinski definition) is 6. The van der Waals surface area contributed by atoms with Crippen molar-refractivity contribution in [1.82, 2.24) is 25.5 Å². The van der Waals surface area contributed by atoms with E-state index in [0.29, 0.717) is 30.3 Å². The fourth-order valence-electron chi connectivity index (χ4n) is 2.70. The maximum atomic E-state index is 12.1. The fraction of sp³-hybridized carbons (Fsp3) is 0.300. The molecule has 0 aliphatic carbocycles. The van der Waals surface area contributed by atoms with E-state index in [0.717, 1.165) is 16.7 Å². The van der Waals surface area contributed by atoms with Gasteiger partial charge in [-0.2, -0.15) is 4.80 Å². The van der Waals surface area contributed by atoms with Gasteiger partial charge in [0.05, 0.1) is 14.2 Å². The summed E-state index contributed by atoms with van der Waals surface area (Å²) in [4.78, 5) is 13.4. The highest BCUT2D eigenvalue weighted by Crippen LogP contribution is 2.27. The van der Waals surface area contributed by atoms with Crippen LogP contribution in [0.2, 0.25) is 0 Å². The number of ether oxygens (including phenoxy) is 2. The molecule has 8 nitrogen and oxygen atoms in total. The van der Waals surface area contributed by atoms with E-state index in [-0.39, 0.29) is 12.5 Å². The smallest absolute Gasteiger partial charge is 0.243 e. The number of nitrogens with zero attached hydrogens (tertiary/aromatic N) is 4. The number of amides is 1. The van der Waals surface area contributed by atoms with Crippen LogP contribution in [0.25, 0.3) is 11.4 Å². The monoisotopic (exact) mass is 381 g/mol. The van der Waals surface area contributed by atoms with Crippen LogP contribution in [0.3, 0.4) is 0 Å². The van der Waals surface area contributed by atoms with Crippen molar-refractivity contribution >= 4 is 5.91 Å². The minimum Gasteiger partial charge on any atom is -0.493 e. The van der Waals surface area contributed by atoms with Crippen LogP contribution in [0.1, 0.15) is 11.1 Å². The first-order valence-electron chi connectivity index (χ1n) is 8.91. The number of benzene rings is 2. The van der Waals surface area contributed by atoms with Crippen molar-refractivity contribution in [2.75, 3.05) is 20.8 Å². The van der Waals surface area contributed by atoms with E-state index in [2.05, 4.69) is 20.7 Å². The normalized spacial score (nSPS) is 10.5. The molecule has 1 heterocycles. The molecule has 1 N–H and O–H groups in total. The molecule has 0 saturated carbocycles.